The zero-order valence-corrected chi connectivity index (χ0v) is 18.7. The molecule has 4 rings (SSSR count). The molecule has 0 amide bonds. The molecule has 1 unspecified atom stereocenters. The van der Waals surface area contributed by atoms with Crippen LogP contribution < -0.4 is 9.64 Å². The first-order valence-corrected chi connectivity index (χ1v) is 10.3. The summed E-state index contributed by atoms with van der Waals surface area (Å²) in [5, 5.41) is 18.7. The predicted molar refractivity (Wildman–Crippen MR) is 122 cm³/mol. The molecule has 0 bridgehead atoms. The number of carbonyl (C=O) groups is 1. The summed E-state index contributed by atoms with van der Waals surface area (Å²) in [4.78, 5) is 22.5. The summed E-state index contributed by atoms with van der Waals surface area (Å²) in [6.07, 6.45) is 1.73. The Balaban J connectivity index is 1.99. The Hall–Kier alpha value is -3.81. The Labute approximate surface area is 186 Å². The Bertz CT molecular complexity index is 1190. The van der Waals surface area contributed by atoms with Crippen molar-refractivity contribution < 1.29 is 14.6 Å². The zero-order chi connectivity index (χ0) is 23.0. The van der Waals surface area contributed by atoms with Crippen molar-refractivity contribution in [3.8, 4) is 17.0 Å². The maximum atomic E-state index is 11.8. The van der Waals surface area contributed by atoms with E-state index in [4.69, 9.17) is 4.74 Å². The van der Waals surface area contributed by atoms with E-state index in [1.54, 1.807) is 25.4 Å². The first-order chi connectivity index (χ1) is 15.3. The molecule has 3 aromatic rings. The van der Waals surface area contributed by atoms with Gasteiger partial charge in [-0.1, -0.05) is 26.0 Å². The predicted octanol–water partition coefficient (Wildman–Crippen LogP) is 4.91. The highest BCUT2D eigenvalue weighted by atomic mass is 16.5. The van der Waals surface area contributed by atoms with Crippen molar-refractivity contribution in [2.75, 3.05) is 26.1 Å². The van der Waals surface area contributed by atoms with Gasteiger partial charge in [0.1, 0.15) is 5.54 Å². The number of hydrogen-bond acceptors (Lipinski definition) is 7. The van der Waals surface area contributed by atoms with E-state index in [1.807, 2.05) is 49.3 Å². The minimum Gasteiger partial charge on any atom is -0.481 e. The molecule has 0 saturated carbocycles. The lowest BCUT2D eigenvalue weighted by Gasteiger charge is -2.32. The molecular formula is C24H25N5O3. The van der Waals surface area contributed by atoms with Gasteiger partial charge in [-0.25, -0.2) is 14.8 Å². The van der Waals surface area contributed by atoms with Crippen LogP contribution in [0.5, 0.6) is 5.88 Å². The molecule has 1 atom stereocenters. The number of carboxylic acids is 1. The molecule has 2 aromatic heterocycles. The molecule has 0 radical (unpaired) electrons. The number of carboxylic acid groups (broad SMARTS) is 1. The van der Waals surface area contributed by atoms with Gasteiger partial charge >= 0.3 is 5.97 Å². The molecule has 1 aliphatic heterocycles. The number of benzene rings is 1. The van der Waals surface area contributed by atoms with Crippen LogP contribution in [-0.4, -0.2) is 42.2 Å². The van der Waals surface area contributed by atoms with Gasteiger partial charge in [0.25, 0.3) is 0 Å². The molecule has 8 heteroatoms. The van der Waals surface area contributed by atoms with E-state index in [0.29, 0.717) is 11.7 Å². The molecule has 164 valence electrons. The highest BCUT2D eigenvalue weighted by Crippen LogP contribution is 2.52. The molecule has 0 saturated heterocycles. The third kappa shape index (κ3) is 3.37. The molecule has 32 heavy (non-hydrogen) atoms. The van der Waals surface area contributed by atoms with E-state index in [2.05, 4.69) is 34.0 Å². The van der Waals surface area contributed by atoms with Gasteiger partial charge in [0.15, 0.2) is 11.5 Å². The Morgan fingerprint density at radius 1 is 1.12 bits per heavy atom. The zero-order valence-electron chi connectivity index (χ0n) is 18.7. The van der Waals surface area contributed by atoms with Gasteiger partial charge in [-0.05, 0) is 41.3 Å². The standard InChI is InChI=1S/C24H25N5O3/c1-14(2)24(16-8-11-20(32-5)25-13-16)21-18(15-6-9-17(10-7-15)29(3)4)12-19(23(30)31)26-22(21)27-28-24/h6-14H,1-5H3,(H,30,31). The summed E-state index contributed by atoms with van der Waals surface area (Å²) in [7, 11) is 5.51. The summed E-state index contributed by atoms with van der Waals surface area (Å²) >= 11 is 0. The van der Waals surface area contributed by atoms with Crippen molar-refractivity contribution >= 4 is 17.5 Å². The van der Waals surface area contributed by atoms with Gasteiger partial charge in [0, 0.05) is 43.2 Å². The van der Waals surface area contributed by atoms with Crippen LogP contribution in [0.25, 0.3) is 11.1 Å². The number of fused-ring (bicyclic) bond motifs is 1. The van der Waals surface area contributed by atoms with Crippen LogP contribution in [0, 0.1) is 5.92 Å². The van der Waals surface area contributed by atoms with Gasteiger partial charge in [-0.3, -0.25) is 0 Å². The number of rotatable bonds is 6. The number of hydrogen-bond donors (Lipinski definition) is 1. The lowest BCUT2D eigenvalue weighted by atomic mass is 9.73. The lowest BCUT2D eigenvalue weighted by Crippen LogP contribution is -2.30. The van der Waals surface area contributed by atoms with E-state index >= 15 is 0 Å². The smallest absolute Gasteiger partial charge is 0.354 e. The SMILES string of the molecule is COc1ccc(C2(C(C)C)N=Nc3nc(C(=O)O)cc(-c4ccc(N(C)C)cc4)c32)cn1. The van der Waals surface area contributed by atoms with Crippen molar-refractivity contribution in [1.29, 1.82) is 0 Å². The third-order valence-corrected chi connectivity index (χ3v) is 5.82. The summed E-state index contributed by atoms with van der Waals surface area (Å²) in [5.41, 5.74) is 3.36. The number of methoxy groups -OCH3 is 1. The number of azo groups is 1. The minimum absolute atomic E-state index is 0.0000266. The number of aromatic carboxylic acids is 1. The first kappa shape index (κ1) is 21.4. The molecule has 1 aromatic carbocycles. The number of aromatic nitrogens is 2. The largest absolute Gasteiger partial charge is 0.481 e. The summed E-state index contributed by atoms with van der Waals surface area (Å²) in [6, 6.07) is 13.3. The van der Waals surface area contributed by atoms with Crippen molar-refractivity contribution in [2.24, 2.45) is 16.1 Å². The molecule has 1 aliphatic rings. The first-order valence-electron chi connectivity index (χ1n) is 10.3. The summed E-state index contributed by atoms with van der Waals surface area (Å²) < 4.78 is 5.21. The number of pyridine rings is 2. The number of anilines is 1. The van der Waals surface area contributed by atoms with Crippen molar-refractivity contribution in [2.45, 2.75) is 19.4 Å². The van der Waals surface area contributed by atoms with E-state index in [9.17, 15) is 9.90 Å². The molecule has 0 aliphatic carbocycles. The minimum atomic E-state index is -1.11. The van der Waals surface area contributed by atoms with E-state index < -0.39 is 11.5 Å². The van der Waals surface area contributed by atoms with Gasteiger partial charge in [0.2, 0.25) is 5.88 Å². The average molecular weight is 431 g/mol. The van der Waals surface area contributed by atoms with E-state index in [0.717, 1.165) is 27.9 Å². The van der Waals surface area contributed by atoms with Gasteiger partial charge in [0.05, 0.1) is 7.11 Å². The normalized spacial score (nSPS) is 16.8. The van der Waals surface area contributed by atoms with Gasteiger partial charge in [-0.2, -0.15) is 5.11 Å². The fourth-order valence-electron chi connectivity index (χ4n) is 4.10. The second-order valence-corrected chi connectivity index (χ2v) is 8.21. The Kier molecular flexibility index (Phi) is 5.38. The van der Waals surface area contributed by atoms with Crippen LogP contribution in [0.2, 0.25) is 0 Å². The molecule has 0 fully saturated rings. The molecule has 3 heterocycles. The number of nitrogens with zero attached hydrogens (tertiary/aromatic N) is 5. The maximum absolute atomic E-state index is 11.8. The monoisotopic (exact) mass is 431 g/mol. The van der Waals surface area contributed by atoms with Crippen LogP contribution in [0.4, 0.5) is 11.5 Å². The second-order valence-electron chi connectivity index (χ2n) is 8.21. The van der Waals surface area contributed by atoms with Crippen LogP contribution in [0.1, 0.15) is 35.5 Å². The fraction of sp³-hybridized carbons (Fsp3) is 0.292. The highest BCUT2D eigenvalue weighted by Gasteiger charge is 2.46. The highest BCUT2D eigenvalue weighted by molar-refractivity contribution is 5.90. The Morgan fingerprint density at radius 3 is 2.38 bits per heavy atom. The topological polar surface area (TPSA) is 100 Å². The van der Waals surface area contributed by atoms with Crippen molar-refractivity contribution in [3.63, 3.8) is 0 Å². The maximum Gasteiger partial charge on any atom is 0.354 e. The lowest BCUT2D eigenvalue weighted by molar-refractivity contribution is 0.0690. The Morgan fingerprint density at radius 2 is 1.84 bits per heavy atom. The quantitative estimate of drug-likeness (QED) is 0.595. The molecular weight excluding hydrogens is 406 g/mol. The third-order valence-electron chi connectivity index (χ3n) is 5.82. The summed E-state index contributed by atoms with van der Waals surface area (Å²) in [6.45, 7) is 4.12. The number of ether oxygens (including phenoxy) is 1. The fourth-order valence-corrected chi connectivity index (χ4v) is 4.10. The van der Waals surface area contributed by atoms with Crippen molar-refractivity contribution in [1.82, 2.24) is 9.97 Å². The van der Waals surface area contributed by atoms with E-state index in [1.165, 1.54) is 0 Å². The van der Waals surface area contributed by atoms with Crippen LogP contribution >= 0.6 is 0 Å². The molecule has 0 spiro atoms. The molecule has 8 nitrogen and oxygen atoms in total. The van der Waals surface area contributed by atoms with Crippen molar-refractivity contribution in [3.05, 3.63) is 65.5 Å². The van der Waals surface area contributed by atoms with Crippen LogP contribution in [0.3, 0.4) is 0 Å². The van der Waals surface area contributed by atoms with E-state index in [-0.39, 0.29) is 11.6 Å². The van der Waals surface area contributed by atoms with Crippen LogP contribution in [-0.2, 0) is 5.54 Å². The summed E-state index contributed by atoms with van der Waals surface area (Å²) in [5.74, 6) is -0.287. The molecule has 1 N–H and O–H groups in total. The van der Waals surface area contributed by atoms with Gasteiger partial charge in [-0.15, -0.1) is 5.11 Å². The average Bonchev–Trinajstić information content (AvgIpc) is 3.19. The van der Waals surface area contributed by atoms with Crippen LogP contribution in [0.15, 0.2) is 58.9 Å². The van der Waals surface area contributed by atoms with Gasteiger partial charge < -0.3 is 14.7 Å². The second kappa shape index (κ2) is 8.03.